The number of ether oxygens (including phenoxy) is 1. The zero-order valence-corrected chi connectivity index (χ0v) is 9.43. The molecule has 2 bridgehead atoms. The highest BCUT2D eigenvalue weighted by Crippen LogP contribution is 2.49. The summed E-state index contributed by atoms with van der Waals surface area (Å²) in [7, 11) is 0. The Bertz CT molecular complexity index is 314. The Labute approximate surface area is 95.2 Å². The zero-order valence-electron chi connectivity index (χ0n) is 9.43. The van der Waals surface area contributed by atoms with Gasteiger partial charge in [-0.05, 0) is 37.6 Å². The summed E-state index contributed by atoms with van der Waals surface area (Å²) >= 11 is 0. The Kier molecular flexibility index (Phi) is 2.54. The van der Waals surface area contributed by atoms with Crippen LogP contribution in [0.2, 0.25) is 0 Å². The van der Waals surface area contributed by atoms with Crippen molar-refractivity contribution in [3.05, 3.63) is 10.4 Å². The van der Waals surface area contributed by atoms with E-state index in [0.717, 1.165) is 13.0 Å². The van der Waals surface area contributed by atoms with Gasteiger partial charge in [0.15, 0.2) is 0 Å². The van der Waals surface area contributed by atoms with Crippen molar-refractivity contribution in [1.29, 1.82) is 0 Å². The van der Waals surface area contributed by atoms with Crippen LogP contribution in [0.15, 0.2) is 5.11 Å². The molecule has 3 rings (SSSR count). The van der Waals surface area contributed by atoms with E-state index in [1.807, 2.05) is 0 Å². The van der Waals surface area contributed by atoms with Gasteiger partial charge in [0.2, 0.25) is 0 Å². The molecule has 3 atom stereocenters. The van der Waals surface area contributed by atoms with E-state index < -0.39 is 0 Å². The Morgan fingerprint density at radius 1 is 1.38 bits per heavy atom. The van der Waals surface area contributed by atoms with E-state index in [-0.39, 0.29) is 6.10 Å². The van der Waals surface area contributed by atoms with Crippen LogP contribution in [0.5, 0.6) is 0 Å². The second-order valence-corrected chi connectivity index (χ2v) is 5.43. The SMILES string of the molecule is [N-]=[N+]=NCC1OCCC12CC1CCC(C2)N1. The minimum atomic E-state index is 0.161. The molecule has 3 aliphatic heterocycles. The van der Waals surface area contributed by atoms with Crippen molar-refractivity contribution in [2.75, 3.05) is 13.2 Å². The highest BCUT2D eigenvalue weighted by atomic mass is 16.5. The van der Waals surface area contributed by atoms with Crippen molar-refractivity contribution in [2.45, 2.75) is 50.3 Å². The van der Waals surface area contributed by atoms with Crippen molar-refractivity contribution in [3.8, 4) is 0 Å². The number of piperidine rings is 1. The quantitative estimate of drug-likeness (QED) is 0.441. The second-order valence-electron chi connectivity index (χ2n) is 5.43. The predicted octanol–water partition coefficient (Wildman–Crippen LogP) is 1.99. The van der Waals surface area contributed by atoms with Crippen LogP contribution in [0, 0.1) is 5.41 Å². The van der Waals surface area contributed by atoms with E-state index in [1.54, 1.807) is 0 Å². The standard InChI is InChI=1S/C11H18N4O/c12-15-13-7-10-11(3-4-16-10)5-8-1-2-9(6-11)14-8/h8-10,14H,1-7H2. The van der Waals surface area contributed by atoms with Crippen molar-refractivity contribution in [1.82, 2.24) is 5.32 Å². The summed E-state index contributed by atoms with van der Waals surface area (Å²) in [5.41, 5.74) is 8.72. The van der Waals surface area contributed by atoms with Crippen molar-refractivity contribution >= 4 is 0 Å². The van der Waals surface area contributed by atoms with Crippen molar-refractivity contribution in [3.63, 3.8) is 0 Å². The molecule has 0 aromatic heterocycles. The second kappa shape index (κ2) is 3.91. The minimum Gasteiger partial charge on any atom is -0.377 e. The molecule has 3 fully saturated rings. The average Bonchev–Trinajstić information content (AvgIpc) is 2.81. The van der Waals surface area contributed by atoms with Gasteiger partial charge in [0.1, 0.15) is 0 Å². The first-order valence-electron chi connectivity index (χ1n) is 6.21. The van der Waals surface area contributed by atoms with E-state index in [9.17, 15) is 0 Å². The maximum Gasteiger partial charge on any atom is 0.0689 e. The van der Waals surface area contributed by atoms with Crippen LogP contribution >= 0.6 is 0 Å². The third-order valence-corrected chi connectivity index (χ3v) is 4.55. The Morgan fingerprint density at radius 3 is 2.81 bits per heavy atom. The normalized spacial score (nSPS) is 45.9. The molecule has 0 aromatic carbocycles. The fraction of sp³-hybridized carbons (Fsp3) is 1.00. The molecule has 0 aliphatic carbocycles. The van der Waals surface area contributed by atoms with Gasteiger partial charge in [-0.25, -0.2) is 0 Å². The van der Waals surface area contributed by atoms with Crippen LogP contribution in [0.4, 0.5) is 0 Å². The molecule has 0 aromatic rings. The van der Waals surface area contributed by atoms with Gasteiger partial charge in [-0.3, -0.25) is 0 Å². The predicted molar refractivity (Wildman–Crippen MR) is 60.0 cm³/mol. The number of nitrogens with zero attached hydrogens (tertiary/aromatic N) is 3. The molecular weight excluding hydrogens is 204 g/mol. The van der Waals surface area contributed by atoms with Gasteiger partial charge in [-0.15, -0.1) is 0 Å². The Morgan fingerprint density at radius 2 is 2.12 bits per heavy atom. The van der Waals surface area contributed by atoms with Crippen LogP contribution in [-0.4, -0.2) is 31.3 Å². The average molecular weight is 222 g/mol. The highest BCUT2D eigenvalue weighted by Gasteiger charge is 2.50. The summed E-state index contributed by atoms with van der Waals surface area (Å²) in [5, 5.41) is 7.37. The highest BCUT2D eigenvalue weighted by molar-refractivity contribution is 5.05. The number of hydrogen-bond acceptors (Lipinski definition) is 3. The first-order valence-corrected chi connectivity index (χ1v) is 6.21. The number of azide groups is 1. The summed E-state index contributed by atoms with van der Waals surface area (Å²) in [6, 6.07) is 1.35. The number of rotatable bonds is 2. The summed E-state index contributed by atoms with van der Waals surface area (Å²) in [6.07, 6.45) is 6.33. The topological polar surface area (TPSA) is 70.0 Å². The lowest BCUT2D eigenvalue weighted by Gasteiger charge is -2.41. The molecule has 0 saturated carbocycles. The Hall–Kier alpha value is -0.770. The lowest BCUT2D eigenvalue weighted by molar-refractivity contribution is 0.0273. The summed E-state index contributed by atoms with van der Waals surface area (Å²) in [6.45, 7) is 1.35. The number of nitrogens with one attached hydrogen (secondary N) is 1. The van der Waals surface area contributed by atoms with Crippen molar-refractivity contribution < 1.29 is 4.74 Å². The van der Waals surface area contributed by atoms with E-state index in [0.29, 0.717) is 24.0 Å². The molecule has 1 N–H and O–H groups in total. The van der Waals surface area contributed by atoms with E-state index in [1.165, 1.54) is 25.7 Å². The summed E-state index contributed by atoms with van der Waals surface area (Å²) < 4.78 is 5.78. The van der Waals surface area contributed by atoms with E-state index >= 15 is 0 Å². The third-order valence-electron chi connectivity index (χ3n) is 4.55. The van der Waals surface area contributed by atoms with Crippen molar-refractivity contribution in [2.24, 2.45) is 10.5 Å². The van der Waals surface area contributed by atoms with Gasteiger partial charge >= 0.3 is 0 Å². The van der Waals surface area contributed by atoms with Gasteiger partial charge in [-0.2, -0.15) is 0 Å². The lowest BCUT2D eigenvalue weighted by atomic mass is 9.71. The van der Waals surface area contributed by atoms with Crippen LogP contribution in [0.25, 0.3) is 10.4 Å². The molecule has 5 heteroatoms. The molecule has 3 aliphatic rings. The fourth-order valence-electron chi connectivity index (χ4n) is 3.86. The van der Waals surface area contributed by atoms with Gasteiger partial charge in [-0.1, -0.05) is 5.11 Å². The van der Waals surface area contributed by atoms with Gasteiger partial charge in [0.05, 0.1) is 12.6 Å². The molecule has 3 unspecified atom stereocenters. The monoisotopic (exact) mass is 222 g/mol. The van der Waals surface area contributed by atoms with E-state index in [2.05, 4.69) is 15.3 Å². The number of fused-ring (bicyclic) bond motifs is 2. The number of hydrogen-bond donors (Lipinski definition) is 1. The summed E-state index contributed by atoms with van der Waals surface area (Å²) in [5.74, 6) is 0. The largest absolute Gasteiger partial charge is 0.377 e. The molecular formula is C11H18N4O. The molecule has 0 amide bonds. The first-order chi connectivity index (χ1) is 7.82. The molecule has 88 valence electrons. The van der Waals surface area contributed by atoms with Crippen LogP contribution in [-0.2, 0) is 4.74 Å². The van der Waals surface area contributed by atoms with Crippen LogP contribution < -0.4 is 5.32 Å². The first kappa shape index (κ1) is 10.4. The molecule has 16 heavy (non-hydrogen) atoms. The van der Waals surface area contributed by atoms with Gasteiger partial charge < -0.3 is 10.1 Å². The van der Waals surface area contributed by atoms with Crippen LogP contribution in [0.1, 0.15) is 32.1 Å². The molecule has 3 heterocycles. The zero-order chi connectivity index (χ0) is 11.0. The maximum absolute atomic E-state index is 8.42. The lowest BCUT2D eigenvalue weighted by Crippen LogP contribution is -2.48. The summed E-state index contributed by atoms with van der Waals surface area (Å²) in [4.78, 5) is 2.86. The third kappa shape index (κ3) is 1.59. The van der Waals surface area contributed by atoms with Gasteiger partial charge in [0, 0.05) is 29.0 Å². The van der Waals surface area contributed by atoms with Crippen LogP contribution in [0.3, 0.4) is 0 Å². The fourth-order valence-corrected chi connectivity index (χ4v) is 3.86. The Balaban J connectivity index is 1.77. The molecule has 3 saturated heterocycles. The maximum atomic E-state index is 8.42. The van der Waals surface area contributed by atoms with Gasteiger partial charge in [0.25, 0.3) is 0 Å². The smallest absolute Gasteiger partial charge is 0.0689 e. The molecule has 0 radical (unpaired) electrons. The molecule has 1 spiro atoms. The van der Waals surface area contributed by atoms with E-state index in [4.69, 9.17) is 10.3 Å². The minimum absolute atomic E-state index is 0.161. The molecule has 5 nitrogen and oxygen atoms in total.